The maximum absolute atomic E-state index is 11.3. The number of hydrogen-bond donors (Lipinski definition) is 2. The summed E-state index contributed by atoms with van der Waals surface area (Å²) < 4.78 is 22.7. The smallest absolute Gasteiger partial charge is 0.175 e. The fourth-order valence-corrected chi connectivity index (χ4v) is 2.37. The van der Waals surface area contributed by atoms with Gasteiger partial charge in [0.1, 0.15) is 0 Å². The first-order valence-corrected chi connectivity index (χ1v) is 7.75. The third kappa shape index (κ3) is 3.39. The van der Waals surface area contributed by atoms with Gasteiger partial charge in [-0.05, 0) is 42.5 Å². The number of benzene rings is 2. The van der Waals surface area contributed by atoms with E-state index >= 15 is 0 Å². The summed E-state index contributed by atoms with van der Waals surface area (Å²) in [6, 6.07) is 11.6. The van der Waals surface area contributed by atoms with Crippen molar-refractivity contribution in [3.8, 4) is 0 Å². The Kier molecular flexibility index (Phi) is 3.68. The van der Waals surface area contributed by atoms with Crippen molar-refractivity contribution >= 4 is 38.5 Å². The molecule has 0 saturated heterocycles. The lowest BCUT2D eigenvalue weighted by Gasteiger charge is -2.09. The van der Waals surface area contributed by atoms with Gasteiger partial charge in [-0.2, -0.15) is 0 Å². The highest BCUT2D eigenvalue weighted by atomic mass is 35.5. The molecule has 0 aliphatic rings. The van der Waals surface area contributed by atoms with Gasteiger partial charge in [0.05, 0.1) is 15.6 Å². The van der Waals surface area contributed by atoms with Crippen LogP contribution in [0.15, 0.2) is 47.4 Å². The Morgan fingerprint density at radius 3 is 2.32 bits per heavy atom. The Morgan fingerprint density at radius 1 is 1.11 bits per heavy atom. The first-order valence-electron chi connectivity index (χ1n) is 5.48. The summed E-state index contributed by atoms with van der Waals surface area (Å²) in [5.74, 6) is 0. The molecule has 0 radical (unpaired) electrons. The average molecular weight is 297 g/mol. The monoisotopic (exact) mass is 296 g/mol. The topological polar surface area (TPSA) is 72.2 Å². The summed E-state index contributed by atoms with van der Waals surface area (Å²) in [5.41, 5.74) is 7.69. The van der Waals surface area contributed by atoms with E-state index in [1.165, 1.54) is 18.4 Å². The van der Waals surface area contributed by atoms with E-state index in [4.69, 9.17) is 17.3 Å². The van der Waals surface area contributed by atoms with Crippen molar-refractivity contribution in [2.24, 2.45) is 0 Å². The van der Waals surface area contributed by atoms with Crippen molar-refractivity contribution < 1.29 is 8.42 Å². The predicted octanol–water partition coefficient (Wildman–Crippen LogP) is 3.07. The lowest BCUT2D eigenvalue weighted by atomic mass is 10.2. The molecule has 2 rings (SSSR count). The largest absolute Gasteiger partial charge is 0.399 e. The minimum Gasteiger partial charge on any atom is -0.399 e. The zero-order valence-corrected chi connectivity index (χ0v) is 11.8. The van der Waals surface area contributed by atoms with Gasteiger partial charge in [0.15, 0.2) is 9.84 Å². The number of sulfone groups is 1. The van der Waals surface area contributed by atoms with Gasteiger partial charge in [0.25, 0.3) is 0 Å². The highest BCUT2D eigenvalue weighted by Gasteiger charge is 2.07. The van der Waals surface area contributed by atoms with E-state index in [1.807, 2.05) is 0 Å². The number of rotatable bonds is 3. The van der Waals surface area contributed by atoms with Crippen molar-refractivity contribution in [1.29, 1.82) is 0 Å². The Hall–Kier alpha value is -1.72. The number of anilines is 3. The Labute approximate surface area is 117 Å². The molecule has 0 aliphatic carbocycles. The van der Waals surface area contributed by atoms with Crippen LogP contribution in [0.1, 0.15) is 0 Å². The van der Waals surface area contributed by atoms with Crippen LogP contribution >= 0.6 is 11.6 Å². The van der Waals surface area contributed by atoms with Gasteiger partial charge in [0, 0.05) is 17.6 Å². The summed E-state index contributed by atoms with van der Waals surface area (Å²) in [5, 5.41) is 3.63. The molecule has 0 fully saturated rings. The molecule has 0 saturated carbocycles. The highest BCUT2D eigenvalue weighted by molar-refractivity contribution is 7.90. The molecule has 0 aliphatic heterocycles. The molecule has 6 heteroatoms. The van der Waals surface area contributed by atoms with Gasteiger partial charge in [0.2, 0.25) is 0 Å². The van der Waals surface area contributed by atoms with Crippen molar-refractivity contribution in [1.82, 2.24) is 0 Å². The maximum atomic E-state index is 11.3. The minimum atomic E-state index is -3.18. The molecule has 0 unspecified atom stereocenters. The second-order valence-electron chi connectivity index (χ2n) is 4.16. The van der Waals surface area contributed by atoms with Crippen LogP contribution in [0.2, 0.25) is 5.02 Å². The quantitative estimate of drug-likeness (QED) is 0.854. The number of nitrogens with one attached hydrogen (secondary N) is 1. The summed E-state index contributed by atoms with van der Waals surface area (Å²) in [7, 11) is -3.18. The molecule has 0 atom stereocenters. The zero-order valence-electron chi connectivity index (χ0n) is 10.2. The Balaban J connectivity index is 2.27. The van der Waals surface area contributed by atoms with Gasteiger partial charge in [-0.15, -0.1) is 0 Å². The minimum absolute atomic E-state index is 0.275. The van der Waals surface area contributed by atoms with E-state index in [1.54, 1.807) is 30.3 Å². The number of nitrogens with two attached hydrogens (primary N) is 1. The first-order chi connectivity index (χ1) is 8.86. The van der Waals surface area contributed by atoms with E-state index in [9.17, 15) is 8.42 Å². The van der Waals surface area contributed by atoms with Crippen molar-refractivity contribution in [2.45, 2.75) is 4.90 Å². The molecule has 0 spiro atoms. The molecule has 19 heavy (non-hydrogen) atoms. The van der Waals surface area contributed by atoms with Crippen LogP contribution in [0.25, 0.3) is 0 Å². The molecular formula is C13H13ClN2O2S. The molecule has 0 amide bonds. The fourth-order valence-electron chi connectivity index (χ4n) is 1.58. The third-order valence-corrected chi connectivity index (χ3v) is 4.01. The lowest BCUT2D eigenvalue weighted by molar-refractivity contribution is 0.602. The van der Waals surface area contributed by atoms with E-state index in [0.29, 0.717) is 16.4 Å². The van der Waals surface area contributed by atoms with Crippen LogP contribution in [0.4, 0.5) is 17.1 Å². The van der Waals surface area contributed by atoms with Crippen LogP contribution in [-0.2, 0) is 9.84 Å². The van der Waals surface area contributed by atoms with Crippen molar-refractivity contribution in [2.75, 3.05) is 17.3 Å². The van der Waals surface area contributed by atoms with Crippen LogP contribution < -0.4 is 11.1 Å². The molecule has 0 bridgehead atoms. The average Bonchev–Trinajstić information content (AvgIpc) is 2.33. The molecule has 100 valence electrons. The molecule has 0 heterocycles. The predicted molar refractivity (Wildman–Crippen MR) is 78.7 cm³/mol. The molecule has 2 aromatic carbocycles. The normalized spacial score (nSPS) is 11.3. The maximum Gasteiger partial charge on any atom is 0.175 e. The second kappa shape index (κ2) is 5.11. The van der Waals surface area contributed by atoms with E-state index in [2.05, 4.69) is 5.32 Å². The lowest BCUT2D eigenvalue weighted by Crippen LogP contribution is -1.98. The fraction of sp³-hybridized carbons (Fsp3) is 0.0769. The number of nitrogen functional groups attached to an aromatic ring is 1. The van der Waals surface area contributed by atoms with Gasteiger partial charge in [-0.1, -0.05) is 11.6 Å². The van der Waals surface area contributed by atoms with Crippen molar-refractivity contribution in [3.05, 3.63) is 47.5 Å². The van der Waals surface area contributed by atoms with E-state index in [0.717, 1.165) is 5.69 Å². The summed E-state index contributed by atoms with van der Waals surface area (Å²) in [6.07, 6.45) is 1.17. The highest BCUT2D eigenvalue weighted by Crippen LogP contribution is 2.27. The van der Waals surface area contributed by atoms with E-state index < -0.39 is 9.84 Å². The molecule has 4 nitrogen and oxygen atoms in total. The van der Waals surface area contributed by atoms with Crippen molar-refractivity contribution in [3.63, 3.8) is 0 Å². The molecular weight excluding hydrogens is 284 g/mol. The number of hydrogen-bond acceptors (Lipinski definition) is 4. The SMILES string of the molecule is CS(=O)(=O)c1ccc(Nc2cc(N)ccc2Cl)cc1. The Bertz CT molecular complexity index is 697. The van der Waals surface area contributed by atoms with Crippen LogP contribution in [0, 0.1) is 0 Å². The zero-order chi connectivity index (χ0) is 14.0. The first kappa shape index (κ1) is 13.7. The molecule has 0 aromatic heterocycles. The Morgan fingerprint density at radius 2 is 1.74 bits per heavy atom. The number of halogens is 1. The van der Waals surface area contributed by atoms with E-state index in [-0.39, 0.29) is 4.90 Å². The molecule has 3 N–H and O–H groups in total. The van der Waals surface area contributed by atoms with Crippen LogP contribution in [-0.4, -0.2) is 14.7 Å². The standard InChI is InChI=1S/C13H13ClN2O2S/c1-19(17,18)11-5-3-10(4-6-11)16-13-8-9(15)2-7-12(13)14/h2-8,16H,15H2,1H3. The molecule has 2 aromatic rings. The summed E-state index contributed by atoms with van der Waals surface area (Å²) >= 11 is 6.04. The summed E-state index contributed by atoms with van der Waals surface area (Å²) in [4.78, 5) is 0.275. The van der Waals surface area contributed by atoms with Crippen LogP contribution in [0.5, 0.6) is 0 Å². The van der Waals surface area contributed by atoms with Crippen LogP contribution in [0.3, 0.4) is 0 Å². The van der Waals surface area contributed by atoms with Gasteiger partial charge in [-0.25, -0.2) is 8.42 Å². The summed E-state index contributed by atoms with van der Waals surface area (Å²) in [6.45, 7) is 0. The van der Waals surface area contributed by atoms with Gasteiger partial charge >= 0.3 is 0 Å². The third-order valence-electron chi connectivity index (χ3n) is 2.55. The van der Waals surface area contributed by atoms with Gasteiger partial charge in [-0.3, -0.25) is 0 Å². The van der Waals surface area contributed by atoms with Gasteiger partial charge < -0.3 is 11.1 Å². The second-order valence-corrected chi connectivity index (χ2v) is 6.58.